The number of hydrogen-bond donors (Lipinski definition) is 2. The van der Waals surface area contributed by atoms with Crippen molar-refractivity contribution in [2.45, 2.75) is 18.9 Å². The van der Waals surface area contributed by atoms with Gasteiger partial charge < -0.3 is 24.6 Å². The van der Waals surface area contributed by atoms with Crippen LogP contribution in [0.25, 0.3) is 0 Å². The Morgan fingerprint density at radius 1 is 1.10 bits per heavy atom. The van der Waals surface area contributed by atoms with Gasteiger partial charge in [0.05, 0.1) is 12.3 Å². The zero-order valence-electron chi connectivity index (χ0n) is 16.5. The van der Waals surface area contributed by atoms with Crippen LogP contribution in [0.15, 0.2) is 12.1 Å². The Morgan fingerprint density at radius 2 is 1.90 bits per heavy atom. The number of ketones is 1. The van der Waals surface area contributed by atoms with Crippen LogP contribution >= 0.6 is 0 Å². The van der Waals surface area contributed by atoms with E-state index in [-0.39, 0.29) is 24.7 Å². The van der Waals surface area contributed by atoms with Crippen molar-refractivity contribution in [1.82, 2.24) is 15.5 Å². The quantitative estimate of drug-likeness (QED) is 0.655. The van der Waals surface area contributed by atoms with E-state index in [4.69, 9.17) is 9.47 Å². The van der Waals surface area contributed by atoms with Crippen molar-refractivity contribution in [3.63, 3.8) is 0 Å². The lowest BCUT2D eigenvalue weighted by Crippen LogP contribution is -2.55. The molecule has 4 rings (SSSR count). The number of nitrogens with one attached hydrogen (secondary N) is 2. The molecule has 3 aliphatic rings. The highest BCUT2D eigenvalue weighted by Crippen LogP contribution is 2.40. The van der Waals surface area contributed by atoms with Crippen molar-refractivity contribution in [3.8, 4) is 5.75 Å². The zero-order valence-corrected chi connectivity index (χ0v) is 16.5. The van der Waals surface area contributed by atoms with Crippen LogP contribution in [0.5, 0.6) is 5.75 Å². The molecule has 1 aromatic carbocycles. The number of amides is 3. The number of anilines is 1. The van der Waals surface area contributed by atoms with E-state index in [1.54, 1.807) is 7.11 Å². The number of nitrogens with zero attached hydrogens (tertiary/aromatic N) is 2. The Labute approximate surface area is 169 Å². The van der Waals surface area contributed by atoms with Gasteiger partial charge in [0.25, 0.3) is 0 Å². The number of benzene rings is 1. The minimum atomic E-state index is -0.610. The van der Waals surface area contributed by atoms with Crippen LogP contribution in [0.3, 0.4) is 0 Å². The van der Waals surface area contributed by atoms with Gasteiger partial charge in [-0.25, -0.2) is 4.79 Å². The number of carbonyl (C=O) groups excluding carboxylic acids is 3. The van der Waals surface area contributed by atoms with Crippen LogP contribution in [0.1, 0.15) is 22.3 Å². The molecular weight excluding hydrogens is 376 g/mol. The molecule has 9 heteroatoms. The number of ether oxygens (including phenoxy) is 2. The van der Waals surface area contributed by atoms with Crippen LogP contribution < -0.4 is 20.3 Å². The second kappa shape index (κ2) is 8.38. The number of Topliss-reactive ketones (excluding diaryl/α,β-unsaturated/α-hetero) is 1. The molecule has 0 spiro atoms. The molecular formula is C20H26N4O5. The predicted molar refractivity (Wildman–Crippen MR) is 106 cm³/mol. The summed E-state index contributed by atoms with van der Waals surface area (Å²) in [5.74, 6) is 0.289. The third-order valence-corrected chi connectivity index (χ3v) is 5.66. The summed E-state index contributed by atoms with van der Waals surface area (Å²) in [7, 11) is 1.62. The lowest BCUT2D eigenvalue weighted by molar-refractivity contribution is -0.121. The number of methoxy groups -OCH3 is 1. The first-order valence-corrected chi connectivity index (χ1v) is 9.98. The first kappa shape index (κ1) is 19.7. The summed E-state index contributed by atoms with van der Waals surface area (Å²) in [6, 6.07) is 2.66. The van der Waals surface area contributed by atoms with Gasteiger partial charge in [-0.15, -0.1) is 0 Å². The minimum absolute atomic E-state index is 0.104. The van der Waals surface area contributed by atoms with E-state index in [9.17, 15) is 14.4 Å². The molecule has 0 saturated carbocycles. The van der Waals surface area contributed by atoms with E-state index < -0.39 is 12.1 Å². The maximum atomic E-state index is 13.1. The zero-order chi connectivity index (χ0) is 20.4. The Hall–Kier alpha value is -2.65. The molecule has 9 nitrogen and oxygen atoms in total. The smallest absolute Gasteiger partial charge is 0.324 e. The fourth-order valence-electron chi connectivity index (χ4n) is 4.18. The van der Waals surface area contributed by atoms with Crippen LogP contribution in [0.4, 0.5) is 10.5 Å². The average molecular weight is 402 g/mol. The van der Waals surface area contributed by atoms with Crippen molar-refractivity contribution in [1.29, 1.82) is 0 Å². The third-order valence-electron chi connectivity index (χ3n) is 5.66. The molecule has 2 fully saturated rings. The summed E-state index contributed by atoms with van der Waals surface area (Å²) in [6.45, 7) is 4.55. The van der Waals surface area contributed by atoms with Gasteiger partial charge in [0.2, 0.25) is 5.91 Å². The Bertz CT molecular complexity index is 821. The van der Waals surface area contributed by atoms with Crippen molar-refractivity contribution < 1.29 is 23.9 Å². The normalized spacial score (nSPS) is 22.0. The van der Waals surface area contributed by atoms with Crippen LogP contribution in [0.2, 0.25) is 0 Å². The lowest BCUT2D eigenvalue weighted by atomic mass is 10.1. The number of imide groups is 1. The Balaban J connectivity index is 1.64. The van der Waals surface area contributed by atoms with E-state index in [1.807, 2.05) is 12.1 Å². The molecule has 1 aromatic rings. The van der Waals surface area contributed by atoms with Gasteiger partial charge in [0.1, 0.15) is 18.4 Å². The van der Waals surface area contributed by atoms with Gasteiger partial charge in [-0.1, -0.05) is 0 Å². The largest absolute Gasteiger partial charge is 0.489 e. The molecule has 2 heterocycles. The lowest BCUT2D eigenvalue weighted by Gasteiger charge is -2.32. The molecule has 3 amide bonds. The predicted octanol–water partition coefficient (Wildman–Crippen LogP) is 0.171. The van der Waals surface area contributed by atoms with Gasteiger partial charge in [-0.05, 0) is 12.1 Å². The van der Waals surface area contributed by atoms with E-state index in [0.717, 1.165) is 37.4 Å². The van der Waals surface area contributed by atoms with Crippen molar-refractivity contribution in [2.75, 3.05) is 57.9 Å². The standard InChI is InChI=1S/C20H26N4O5/c1-28-10-11-29-19-14-12-16(24-7-4-17(25)22-20(24)27)18(26)13(14)2-3-15(19)23-8-5-21-6-9-23/h2-3,16,21H,4-12H2,1H3,(H,22,25,27). The van der Waals surface area contributed by atoms with Crippen LogP contribution in [0, 0.1) is 0 Å². The number of piperazine rings is 1. The summed E-state index contributed by atoms with van der Waals surface area (Å²) in [5, 5.41) is 5.64. The SMILES string of the molecule is COCCOc1c(N2CCNCC2)ccc2c1CC(N1CCC(=O)NC1=O)C2=O. The highest BCUT2D eigenvalue weighted by atomic mass is 16.5. The highest BCUT2D eigenvalue weighted by Gasteiger charge is 2.41. The van der Waals surface area contributed by atoms with Crippen LogP contribution in [-0.2, 0) is 16.0 Å². The van der Waals surface area contributed by atoms with Crippen molar-refractivity contribution in [3.05, 3.63) is 23.3 Å². The monoisotopic (exact) mass is 402 g/mol. The fraction of sp³-hybridized carbons (Fsp3) is 0.550. The maximum Gasteiger partial charge on any atom is 0.324 e. The molecule has 0 radical (unpaired) electrons. The van der Waals surface area contributed by atoms with Gasteiger partial charge >= 0.3 is 6.03 Å². The minimum Gasteiger partial charge on any atom is -0.489 e. The van der Waals surface area contributed by atoms with Crippen molar-refractivity contribution >= 4 is 23.4 Å². The number of hydrogen-bond acceptors (Lipinski definition) is 7. The molecule has 0 aromatic heterocycles. The topological polar surface area (TPSA) is 100 Å². The molecule has 156 valence electrons. The molecule has 2 N–H and O–H groups in total. The van der Waals surface area contributed by atoms with Gasteiger partial charge in [0, 0.05) is 63.8 Å². The summed E-state index contributed by atoms with van der Waals surface area (Å²) in [4.78, 5) is 40.5. The number of fused-ring (bicyclic) bond motifs is 1. The summed E-state index contributed by atoms with van der Waals surface area (Å²) < 4.78 is 11.2. The second-order valence-electron chi connectivity index (χ2n) is 7.40. The molecule has 1 atom stereocenters. The molecule has 29 heavy (non-hydrogen) atoms. The molecule has 2 saturated heterocycles. The summed E-state index contributed by atoms with van der Waals surface area (Å²) >= 11 is 0. The van der Waals surface area contributed by atoms with Crippen LogP contribution in [-0.4, -0.2) is 81.7 Å². The average Bonchev–Trinajstić information content (AvgIpc) is 3.06. The van der Waals surface area contributed by atoms with E-state index in [0.29, 0.717) is 30.9 Å². The van der Waals surface area contributed by atoms with E-state index in [1.165, 1.54) is 4.90 Å². The summed E-state index contributed by atoms with van der Waals surface area (Å²) in [6.07, 6.45) is 0.590. The first-order chi connectivity index (χ1) is 14.1. The van der Waals surface area contributed by atoms with E-state index in [2.05, 4.69) is 15.5 Å². The number of carbonyl (C=O) groups is 3. The molecule has 1 aliphatic carbocycles. The fourth-order valence-corrected chi connectivity index (χ4v) is 4.18. The Morgan fingerprint density at radius 3 is 2.62 bits per heavy atom. The van der Waals surface area contributed by atoms with Gasteiger partial charge in [-0.3, -0.25) is 14.9 Å². The second-order valence-corrected chi connectivity index (χ2v) is 7.40. The number of rotatable bonds is 6. The van der Waals surface area contributed by atoms with Gasteiger partial charge in [-0.2, -0.15) is 0 Å². The molecule has 0 bridgehead atoms. The molecule has 1 unspecified atom stereocenters. The van der Waals surface area contributed by atoms with Gasteiger partial charge in [0.15, 0.2) is 5.78 Å². The molecule has 2 aliphatic heterocycles. The van der Waals surface area contributed by atoms with Crippen molar-refractivity contribution in [2.24, 2.45) is 0 Å². The van der Waals surface area contributed by atoms with E-state index >= 15 is 0 Å². The number of urea groups is 1. The first-order valence-electron chi connectivity index (χ1n) is 9.98. The maximum absolute atomic E-state index is 13.1. The third kappa shape index (κ3) is 3.79. The summed E-state index contributed by atoms with van der Waals surface area (Å²) in [5.41, 5.74) is 2.39. The highest BCUT2D eigenvalue weighted by molar-refractivity contribution is 6.08. The Kier molecular flexibility index (Phi) is 5.68.